The average Bonchev–Trinajstić information content (AvgIpc) is 3.08. The van der Waals surface area contributed by atoms with Crippen LogP contribution in [0.4, 0.5) is 0 Å². The molecule has 2 heterocycles. The number of halogens is 1. The second-order valence-electron chi connectivity index (χ2n) is 6.08. The van der Waals surface area contributed by atoms with Crippen LogP contribution in [-0.4, -0.2) is 14.8 Å². The Morgan fingerprint density at radius 1 is 1.43 bits per heavy atom. The molecule has 0 bridgehead atoms. The molecule has 2 aromatic heterocycles. The van der Waals surface area contributed by atoms with Crippen LogP contribution in [0.25, 0.3) is 11.1 Å². The molecule has 0 radical (unpaired) electrons. The third kappa shape index (κ3) is 2.79. The van der Waals surface area contributed by atoms with E-state index in [0.717, 1.165) is 12.1 Å². The molecule has 0 amide bonds. The molecular formula is C16H17ClN4. The molecule has 4 nitrogen and oxygen atoms in total. The highest BCUT2D eigenvalue weighted by molar-refractivity contribution is 6.32. The van der Waals surface area contributed by atoms with Gasteiger partial charge >= 0.3 is 0 Å². The number of nitrogens with zero attached hydrogens (tertiary/aromatic N) is 4. The molecule has 1 saturated carbocycles. The first-order valence-electron chi connectivity index (χ1n) is 7.19. The molecule has 21 heavy (non-hydrogen) atoms. The van der Waals surface area contributed by atoms with Crippen molar-refractivity contribution >= 4 is 11.6 Å². The fourth-order valence-electron chi connectivity index (χ4n) is 3.16. The molecule has 2 aromatic rings. The normalized spacial score (nSPS) is 16.8. The van der Waals surface area contributed by atoms with Crippen LogP contribution in [0.2, 0.25) is 5.15 Å². The molecule has 1 aliphatic carbocycles. The summed E-state index contributed by atoms with van der Waals surface area (Å²) in [5, 5.41) is 14.0. The lowest BCUT2D eigenvalue weighted by Crippen LogP contribution is -2.19. The van der Waals surface area contributed by atoms with Crippen LogP contribution >= 0.6 is 11.6 Å². The zero-order valence-corrected chi connectivity index (χ0v) is 12.8. The molecule has 1 aliphatic rings. The molecular weight excluding hydrogens is 284 g/mol. The SMILES string of the molecule is CC1(Cn2cc(-c3c(C#N)ccnc3Cl)cn2)CCCC1. The number of pyridine rings is 1. The Labute approximate surface area is 129 Å². The number of nitriles is 1. The first-order valence-corrected chi connectivity index (χ1v) is 7.57. The third-order valence-electron chi connectivity index (χ3n) is 4.30. The second-order valence-corrected chi connectivity index (χ2v) is 6.44. The highest BCUT2D eigenvalue weighted by Gasteiger charge is 2.29. The third-order valence-corrected chi connectivity index (χ3v) is 4.59. The molecule has 0 aromatic carbocycles. The highest BCUT2D eigenvalue weighted by Crippen LogP contribution is 2.39. The van der Waals surface area contributed by atoms with Crippen LogP contribution in [0.1, 0.15) is 38.2 Å². The standard InChI is InChI=1S/C16H17ClN4/c1-16(5-2-3-6-16)11-21-10-13(9-20-21)14-12(8-18)4-7-19-15(14)17/h4,7,9-10H,2-3,5-6,11H2,1H3. The van der Waals surface area contributed by atoms with Gasteiger partial charge in [0, 0.05) is 30.1 Å². The van der Waals surface area contributed by atoms with Gasteiger partial charge in [-0.15, -0.1) is 0 Å². The summed E-state index contributed by atoms with van der Waals surface area (Å²) in [7, 11) is 0. The van der Waals surface area contributed by atoms with Gasteiger partial charge in [0.2, 0.25) is 0 Å². The minimum atomic E-state index is 0.333. The van der Waals surface area contributed by atoms with Crippen molar-refractivity contribution in [2.45, 2.75) is 39.2 Å². The van der Waals surface area contributed by atoms with E-state index in [2.05, 4.69) is 23.1 Å². The number of hydrogen-bond donors (Lipinski definition) is 0. The molecule has 0 aliphatic heterocycles. The maximum atomic E-state index is 9.22. The van der Waals surface area contributed by atoms with Crippen molar-refractivity contribution in [3.8, 4) is 17.2 Å². The molecule has 5 heteroatoms. The van der Waals surface area contributed by atoms with E-state index in [1.807, 2.05) is 10.9 Å². The number of hydrogen-bond acceptors (Lipinski definition) is 3. The second kappa shape index (κ2) is 5.50. The topological polar surface area (TPSA) is 54.5 Å². The molecule has 0 atom stereocenters. The van der Waals surface area contributed by atoms with E-state index in [-0.39, 0.29) is 0 Å². The fraction of sp³-hybridized carbons (Fsp3) is 0.438. The average molecular weight is 301 g/mol. The van der Waals surface area contributed by atoms with Crippen LogP contribution in [0, 0.1) is 16.7 Å². The van der Waals surface area contributed by atoms with Crippen molar-refractivity contribution in [3.63, 3.8) is 0 Å². The summed E-state index contributed by atoms with van der Waals surface area (Å²) >= 11 is 6.15. The van der Waals surface area contributed by atoms with E-state index in [0.29, 0.717) is 21.7 Å². The van der Waals surface area contributed by atoms with Gasteiger partial charge < -0.3 is 0 Å². The monoisotopic (exact) mass is 300 g/mol. The Hall–Kier alpha value is -1.86. The Morgan fingerprint density at radius 3 is 2.90 bits per heavy atom. The summed E-state index contributed by atoms with van der Waals surface area (Å²) in [6, 6.07) is 3.84. The summed E-state index contributed by atoms with van der Waals surface area (Å²) in [6.07, 6.45) is 10.4. The quantitative estimate of drug-likeness (QED) is 0.804. The van der Waals surface area contributed by atoms with Crippen LogP contribution in [0.3, 0.4) is 0 Å². The van der Waals surface area contributed by atoms with Gasteiger partial charge in [-0.1, -0.05) is 31.4 Å². The summed E-state index contributed by atoms with van der Waals surface area (Å²) in [5.41, 5.74) is 2.39. The number of aromatic nitrogens is 3. The minimum absolute atomic E-state index is 0.333. The largest absolute Gasteiger partial charge is 0.272 e. The first-order chi connectivity index (χ1) is 10.1. The van der Waals surface area contributed by atoms with Gasteiger partial charge in [0.1, 0.15) is 5.15 Å². The minimum Gasteiger partial charge on any atom is -0.272 e. The molecule has 0 saturated heterocycles. The molecule has 0 unspecified atom stereocenters. The summed E-state index contributed by atoms with van der Waals surface area (Å²) in [4.78, 5) is 4.07. The lowest BCUT2D eigenvalue weighted by Gasteiger charge is -2.22. The van der Waals surface area contributed by atoms with Crippen LogP contribution in [-0.2, 0) is 6.54 Å². The van der Waals surface area contributed by atoms with Crippen molar-refractivity contribution in [2.24, 2.45) is 5.41 Å². The summed E-state index contributed by atoms with van der Waals surface area (Å²) < 4.78 is 1.96. The maximum absolute atomic E-state index is 9.22. The summed E-state index contributed by atoms with van der Waals surface area (Å²) in [6.45, 7) is 3.23. The Morgan fingerprint density at radius 2 is 2.19 bits per heavy atom. The van der Waals surface area contributed by atoms with Crippen molar-refractivity contribution in [1.82, 2.24) is 14.8 Å². The van der Waals surface area contributed by atoms with Crippen molar-refractivity contribution < 1.29 is 0 Å². The van der Waals surface area contributed by atoms with Crippen LogP contribution in [0.5, 0.6) is 0 Å². The lowest BCUT2D eigenvalue weighted by molar-refractivity contribution is 0.268. The van der Waals surface area contributed by atoms with Gasteiger partial charge in [-0.2, -0.15) is 10.4 Å². The van der Waals surface area contributed by atoms with E-state index < -0.39 is 0 Å². The molecule has 0 spiro atoms. The van der Waals surface area contributed by atoms with E-state index in [9.17, 15) is 5.26 Å². The zero-order valence-electron chi connectivity index (χ0n) is 12.0. The first kappa shape index (κ1) is 14.1. The summed E-state index contributed by atoms with van der Waals surface area (Å²) in [5.74, 6) is 0. The smallest absolute Gasteiger partial charge is 0.138 e. The van der Waals surface area contributed by atoms with E-state index >= 15 is 0 Å². The van der Waals surface area contributed by atoms with E-state index in [1.165, 1.54) is 25.7 Å². The molecule has 108 valence electrons. The molecule has 0 N–H and O–H groups in total. The Balaban J connectivity index is 1.91. The van der Waals surface area contributed by atoms with Crippen molar-refractivity contribution in [1.29, 1.82) is 5.26 Å². The number of rotatable bonds is 3. The predicted molar refractivity (Wildman–Crippen MR) is 81.8 cm³/mol. The highest BCUT2D eigenvalue weighted by atomic mass is 35.5. The fourth-order valence-corrected chi connectivity index (χ4v) is 3.43. The van der Waals surface area contributed by atoms with Gasteiger partial charge in [0.15, 0.2) is 0 Å². The zero-order chi connectivity index (χ0) is 14.9. The Bertz CT molecular complexity index is 693. The van der Waals surface area contributed by atoms with Crippen molar-refractivity contribution in [2.75, 3.05) is 0 Å². The molecule has 1 fully saturated rings. The lowest BCUT2D eigenvalue weighted by atomic mass is 9.89. The van der Waals surface area contributed by atoms with Gasteiger partial charge in [-0.05, 0) is 24.3 Å². The van der Waals surface area contributed by atoms with Gasteiger partial charge in [-0.25, -0.2) is 4.98 Å². The van der Waals surface area contributed by atoms with E-state index in [1.54, 1.807) is 18.5 Å². The van der Waals surface area contributed by atoms with Crippen LogP contribution in [0.15, 0.2) is 24.7 Å². The van der Waals surface area contributed by atoms with Gasteiger partial charge in [0.25, 0.3) is 0 Å². The Kier molecular flexibility index (Phi) is 3.69. The van der Waals surface area contributed by atoms with Crippen molar-refractivity contribution in [3.05, 3.63) is 35.4 Å². The van der Waals surface area contributed by atoms with Crippen LogP contribution < -0.4 is 0 Å². The maximum Gasteiger partial charge on any atom is 0.138 e. The molecule has 3 rings (SSSR count). The van der Waals surface area contributed by atoms with Gasteiger partial charge in [0.05, 0.1) is 17.8 Å². The van der Waals surface area contributed by atoms with Gasteiger partial charge in [-0.3, -0.25) is 4.68 Å². The van der Waals surface area contributed by atoms with E-state index in [4.69, 9.17) is 11.6 Å². The predicted octanol–water partition coefficient (Wildman–Crippen LogP) is 4.05.